The normalized spacial score (nSPS) is 18.1. The molecule has 3 aromatic rings. The lowest BCUT2D eigenvalue weighted by Crippen LogP contribution is -2.08. The molecule has 4 nitrogen and oxygen atoms in total. The van der Waals surface area contributed by atoms with Gasteiger partial charge in [-0.3, -0.25) is 4.57 Å². The Morgan fingerprint density at radius 1 is 1.23 bits per heavy atom. The number of phenols is 1. The smallest absolute Gasteiger partial charge is 0.160 e. The van der Waals surface area contributed by atoms with Crippen molar-refractivity contribution in [2.45, 2.75) is 24.6 Å². The van der Waals surface area contributed by atoms with Crippen LogP contribution in [0.5, 0.6) is 5.75 Å². The highest BCUT2D eigenvalue weighted by molar-refractivity contribution is 7.99. The number of imidazole rings is 1. The standard InChI is InChI=1S/C17H17N3OS/c21-14-7-2-1-5-12(14)11-15-19-13-6-3-9-18-17(13)20(15)16-8-4-10-22-16/h1-3,5-7,9,16,21H,4,8,10-11H2. The zero-order valence-corrected chi connectivity index (χ0v) is 13.0. The van der Waals surface area contributed by atoms with Gasteiger partial charge < -0.3 is 5.11 Å². The molecular formula is C17H17N3OS. The fourth-order valence-electron chi connectivity index (χ4n) is 3.00. The second kappa shape index (κ2) is 5.65. The van der Waals surface area contributed by atoms with E-state index < -0.39 is 0 Å². The summed E-state index contributed by atoms with van der Waals surface area (Å²) in [5.41, 5.74) is 2.79. The molecule has 1 aromatic carbocycles. The monoisotopic (exact) mass is 311 g/mol. The number of phenolic OH excluding ortho intramolecular Hbond substituents is 1. The van der Waals surface area contributed by atoms with E-state index in [9.17, 15) is 5.11 Å². The average molecular weight is 311 g/mol. The molecule has 1 aliphatic heterocycles. The lowest BCUT2D eigenvalue weighted by molar-refractivity contribution is 0.468. The summed E-state index contributed by atoms with van der Waals surface area (Å²) in [6.07, 6.45) is 4.84. The summed E-state index contributed by atoms with van der Waals surface area (Å²) in [4.78, 5) is 9.30. The van der Waals surface area contributed by atoms with Gasteiger partial charge in [0.2, 0.25) is 0 Å². The molecule has 0 radical (unpaired) electrons. The molecule has 0 bridgehead atoms. The van der Waals surface area contributed by atoms with E-state index in [0.717, 1.165) is 29.0 Å². The van der Waals surface area contributed by atoms with Crippen LogP contribution in [0.1, 0.15) is 29.6 Å². The van der Waals surface area contributed by atoms with Crippen molar-refractivity contribution in [3.05, 3.63) is 54.0 Å². The van der Waals surface area contributed by atoms with Crippen molar-refractivity contribution < 1.29 is 5.11 Å². The van der Waals surface area contributed by atoms with Crippen molar-refractivity contribution in [3.8, 4) is 5.75 Å². The van der Waals surface area contributed by atoms with Gasteiger partial charge in [-0.2, -0.15) is 0 Å². The average Bonchev–Trinajstić information content (AvgIpc) is 3.16. The van der Waals surface area contributed by atoms with Crippen LogP contribution in [0, 0.1) is 0 Å². The highest BCUT2D eigenvalue weighted by Gasteiger charge is 2.24. The van der Waals surface area contributed by atoms with Crippen LogP contribution < -0.4 is 0 Å². The molecule has 1 N–H and O–H groups in total. The van der Waals surface area contributed by atoms with Crippen LogP contribution in [0.15, 0.2) is 42.6 Å². The van der Waals surface area contributed by atoms with Crippen molar-refractivity contribution in [1.82, 2.24) is 14.5 Å². The minimum Gasteiger partial charge on any atom is -0.508 e. The largest absolute Gasteiger partial charge is 0.508 e. The van der Waals surface area contributed by atoms with Gasteiger partial charge in [0.05, 0.1) is 5.37 Å². The van der Waals surface area contributed by atoms with Crippen molar-refractivity contribution in [3.63, 3.8) is 0 Å². The summed E-state index contributed by atoms with van der Waals surface area (Å²) in [6.45, 7) is 0. The number of benzene rings is 1. The number of aromatic nitrogens is 3. The fraction of sp³-hybridized carbons (Fsp3) is 0.294. The van der Waals surface area contributed by atoms with Crippen molar-refractivity contribution in [2.75, 3.05) is 5.75 Å². The first-order valence-corrected chi connectivity index (χ1v) is 8.58. The quantitative estimate of drug-likeness (QED) is 0.800. The molecule has 1 fully saturated rings. The molecule has 0 saturated carbocycles. The first-order valence-electron chi connectivity index (χ1n) is 7.53. The Balaban J connectivity index is 1.82. The molecule has 0 aliphatic carbocycles. The number of pyridine rings is 1. The van der Waals surface area contributed by atoms with Crippen molar-refractivity contribution in [1.29, 1.82) is 0 Å². The molecular weight excluding hydrogens is 294 g/mol. The van der Waals surface area contributed by atoms with Gasteiger partial charge in [-0.1, -0.05) is 18.2 Å². The number of thioether (sulfide) groups is 1. The topological polar surface area (TPSA) is 50.9 Å². The molecule has 5 heteroatoms. The van der Waals surface area contributed by atoms with Gasteiger partial charge in [0.1, 0.15) is 17.1 Å². The Labute approximate surface area is 133 Å². The van der Waals surface area contributed by atoms with Crippen molar-refractivity contribution in [2.24, 2.45) is 0 Å². The lowest BCUT2D eigenvalue weighted by Gasteiger charge is -2.15. The molecule has 1 aliphatic rings. The van der Waals surface area contributed by atoms with E-state index in [1.165, 1.54) is 12.2 Å². The first-order chi connectivity index (χ1) is 10.8. The van der Waals surface area contributed by atoms with Gasteiger partial charge >= 0.3 is 0 Å². The van der Waals surface area contributed by atoms with E-state index in [2.05, 4.69) is 9.55 Å². The maximum atomic E-state index is 10.0. The van der Waals surface area contributed by atoms with Crippen LogP contribution in [0.25, 0.3) is 11.2 Å². The Hall–Kier alpha value is -2.01. The van der Waals surface area contributed by atoms with E-state index >= 15 is 0 Å². The summed E-state index contributed by atoms with van der Waals surface area (Å²) in [7, 11) is 0. The number of aromatic hydroxyl groups is 1. The number of nitrogens with zero attached hydrogens (tertiary/aromatic N) is 3. The highest BCUT2D eigenvalue weighted by Crippen LogP contribution is 2.38. The minimum absolute atomic E-state index is 0.327. The first kappa shape index (κ1) is 13.6. The molecule has 4 rings (SSSR count). The summed E-state index contributed by atoms with van der Waals surface area (Å²) in [5, 5.41) is 10.4. The third-order valence-corrected chi connectivity index (χ3v) is 5.41. The number of hydrogen-bond donors (Lipinski definition) is 1. The zero-order valence-electron chi connectivity index (χ0n) is 12.1. The predicted molar refractivity (Wildman–Crippen MR) is 89.2 cm³/mol. The molecule has 0 spiro atoms. The zero-order chi connectivity index (χ0) is 14.9. The summed E-state index contributed by atoms with van der Waals surface area (Å²) in [6, 6.07) is 11.4. The predicted octanol–water partition coefficient (Wildman–Crippen LogP) is 3.75. The number of hydrogen-bond acceptors (Lipinski definition) is 4. The van der Waals surface area contributed by atoms with Crippen LogP contribution in [-0.2, 0) is 6.42 Å². The molecule has 112 valence electrons. The van der Waals surface area contributed by atoms with E-state index in [1.54, 1.807) is 6.07 Å². The second-order valence-electron chi connectivity index (χ2n) is 5.52. The van der Waals surface area contributed by atoms with E-state index in [-0.39, 0.29) is 0 Å². The fourth-order valence-corrected chi connectivity index (χ4v) is 4.31. The molecule has 2 aromatic heterocycles. The van der Waals surface area contributed by atoms with E-state index in [1.807, 2.05) is 48.3 Å². The summed E-state index contributed by atoms with van der Waals surface area (Å²) >= 11 is 1.96. The van der Waals surface area contributed by atoms with Gasteiger partial charge in [0.15, 0.2) is 5.65 Å². The molecule has 3 heterocycles. The maximum Gasteiger partial charge on any atom is 0.160 e. The second-order valence-corrected chi connectivity index (χ2v) is 6.80. The van der Waals surface area contributed by atoms with Crippen LogP contribution in [0.2, 0.25) is 0 Å². The molecule has 1 unspecified atom stereocenters. The van der Waals surface area contributed by atoms with E-state index in [4.69, 9.17) is 4.98 Å². The van der Waals surface area contributed by atoms with Crippen LogP contribution in [0.3, 0.4) is 0 Å². The summed E-state index contributed by atoms with van der Waals surface area (Å²) in [5.74, 6) is 2.50. The molecule has 22 heavy (non-hydrogen) atoms. The van der Waals surface area contributed by atoms with Crippen molar-refractivity contribution >= 4 is 22.9 Å². The maximum absolute atomic E-state index is 10.0. The highest BCUT2D eigenvalue weighted by atomic mass is 32.2. The lowest BCUT2D eigenvalue weighted by atomic mass is 10.1. The minimum atomic E-state index is 0.327. The molecule has 1 saturated heterocycles. The van der Waals surface area contributed by atoms with Gasteiger partial charge in [-0.05, 0) is 36.8 Å². The SMILES string of the molecule is Oc1ccccc1Cc1nc2cccnc2n1C1CCCS1. The van der Waals surface area contributed by atoms with Gasteiger partial charge in [-0.25, -0.2) is 9.97 Å². The Bertz CT molecular complexity index is 809. The Morgan fingerprint density at radius 3 is 2.95 bits per heavy atom. The summed E-state index contributed by atoms with van der Waals surface area (Å²) < 4.78 is 2.26. The Morgan fingerprint density at radius 2 is 2.14 bits per heavy atom. The van der Waals surface area contributed by atoms with Gasteiger partial charge in [0, 0.05) is 18.2 Å². The van der Waals surface area contributed by atoms with E-state index in [0.29, 0.717) is 17.5 Å². The third-order valence-electron chi connectivity index (χ3n) is 4.06. The number of rotatable bonds is 3. The third kappa shape index (κ3) is 2.35. The van der Waals surface area contributed by atoms with Gasteiger partial charge in [0.25, 0.3) is 0 Å². The number of para-hydroxylation sites is 1. The number of fused-ring (bicyclic) bond motifs is 1. The van der Waals surface area contributed by atoms with Gasteiger partial charge in [-0.15, -0.1) is 11.8 Å². The van der Waals surface area contributed by atoms with Crippen LogP contribution in [-0.4, -0.2) is 25.4 Å². The van der Waals surface area contributed by atoms with Crippen LogP contribution in [0.4, 0.5) is 0 Å². The van der Waals surface area contributed by atoms with Crippen LogP contribution >= 0.6 is 11.8 Å². The molecule has 1 atom stereocenters. The Kier molecular flexibility index (Phi) is 3.50. The molecule has 0 amide bonds.